The number of nitrogens with zero attached hydrogens (tertiary/aromatic N) is 1. The van der Waals surface area contributed by atoms with Crippen molar-refractivity contribution < 1.29 is 9.53 Å². The van der Waals surface area contributed by atoms with Crippen LogP contribution in [-0.4, -0.2) is 37.1 Å². The number of aryl methyl sites for hydroxylation is 1. The number of likely N-dealkylation sites (tertiary alicyclic amines) is 1. The molecule has 142 valence electrons. The quantitative estimate of drug-likeness (QED) is 0.750. The van der Waals surface area contributed by atoms with Crippen LogP contribution in [0.5, 0.6) is 0 Å². The number of benzene rings is 2. The monoisotopic (exact) mass is 363 g/mol. The summed E-state index contributed by atoms with van der Waals surface area (Å²) in [6, 6.07) is 16.7. The molecule has 3 heteroatoms. The van der Waals surface area contributed by atoms with Gasteiger partial charge in [0.2, 0.25) is 0 Å². The van der Waals surface area contributed by atoms with E-state index in [4.69, 9.17) is 4.74 Å². The minimum Gasteiger partial charge on any atom is -0.464 e. The molecule has 1 fully saturated rings. The van der Waals surface area contributed by atoms with Crippen molar-refractivity contribution in [3.05, 3.63) is 70.8 Å². The minimum absolute atomic E-state index is 0.0698. The molecule has 1 atom stereocenters. The van der Waals surface area contributed by atoms with Crippen molar-refractivity contribution in [1.29, 1.82) is 0 Å². The van der Waals surface area contributed by atoms with E-state index in [-0.39, 0.29) is 5.97 Å². The Morgan fingerprint density at radius 3 is 2.52 bits per heavy atom. The van der Waals surface area contributed by atoms with Crippen LogP contribution in [0.1, 0.15) is 41.5 Å². The van der Waals surface area contributed by atoms with Crippen LogP contribution in [0.4, 0.5) is 0 Å². The summed E-state index contributed by atoms with van der Waals surface area (Å²) in [7, 11) is 0. The van der Waals surface area contributed by atoms with E-state index >= 15 is 0 Å². The molecular formula is C24H29NO2. The maximum absolute atomic E-state index is 13.3. The molecule has 0 bridgehead atoms. The molecule has 27 heavy (non-hydrogen) atoms. The lowest BCUT2D eigenvalue weighted by atomic mass is 9.78. The summed E-state index contributed by atoms with van der Waals surface area (Å²) in [5, 5.41) is 0. The van der Waals surface area contributed by atoms with Gasteiger partial charge in [0.15, 0.2) is 0 Å². The van der Waals surface area contributed by atoms with Gasteiger partial charge in [0.1, 0.15) is 12.0 Å². The van der Waals surface area contributed by atoms with Crippen molar-refractivity contribution in [3.8, 4) is 0 Å². The minimum atomic E-state index is -0.584. The summed E-state index contributed by atoms with van der Waals surface area (Å²) in [6.45, 7) is 5.71. The van der Waals surface area contributed by atoms with Gasteiger partial charge >= 0.3 is 5.97 Å². The van der Waals surface area contributed by atoms with Crippen LogP contribution >= 0.6 is 0 Å². The Kier molecular flexibility index (Phi) is 5.31. The van der Waals surface area contributed by atoms with Gasteiger partial charge in [0.05, 0.1) is 0 Å². The first-order chi connectivity index (χ1) is 13.2. The molecule has 1 saturated heterocycles. The predicted octanol–water partition coefficient (Wildman–Crippen LogP) is 4.06. The van der Waals surface area contributed by atoms with Crippen LogP contribution in [0.3, 0.4) is 0 Å². The van der Waals surface area contributed by atoms with Crippen LogP contribution in [-0.2, 0) is 27.8 Å². The fourth-order valence-electron chi connectivity index (χ4n) is 4.62. The van der Waals surface area contributed by atoms with Crippen LogP contribution in [0.25, 0.3) is 0 Å². The van der Waals surface area contributed by atoms with Crippen LogP contribution in [0, 0.1) is 6.92 Å². The molecule has 1 aliphatic carbocycles. The summed E-state index contributed by atoms with van der Waals surface area (Å²) in [5.41, 5.74) is 4.29. The van der Waals surface area contributed by atoms with Crippen LogP contribution < -0.4 is 0 Å². The molecule has 1 unspecified atom stereocenters. The lowest BCUT2D eigenvalue weighted by molar-refractivity contribution is -0.151. The number of hydrogen-bond donors (Lipinski definition) is 0. The molecule has 2 aromatic rings. The molecule has 0 N–H and O–H groups in total. The van der Waals surface area contributed by atoms with Gasteiger partial charge in [-0.15, -0.1) is 0 Å². The molecular weight excluding hydrogens is 334 g/mol. The van der Waals surface area contributed by atoms with E-state index in [1.807, 2.05) is 18.2 Å². The number of ether oxygens (including phenoxy) is 1. The Labute approximate surface area is 162 Å². The summed E-state index contributed by atoms with van der Waals surface area (Å²) >= 11 is 0. The third kappa shape index (κ3) is 3.79. The van der Waals surface area contributed by atoms with E-state index in [1.165, 1.54) is 36.0 Å². The first-order valence-electron chi connectivity index (χ1n) is 10.2. The second-order valence-corrected chi connectivity index (χ2v) is 8.11. The van der Waals surface area contributed by atoms with Crippen molar-refractivity contribution in [2.75, 3.05) is 26.2 Å². The van der Waals surface area contributed by atoms with Crippen LogP contribution in [0.15, 0.2) is 48.5 Å². The molecule has 0 amide bonds. The smallest absolute Gasteiger partial charge is 0.317 e. The zero-order valence-electron chi connectivity index (χ0n) is 16.2. The van der Waals surface area contributed by atoms with Crippen molar-refractivity contribution in [3.63, 3.8) is 0 Å². The van der Waals surface area contributed by atoms with Gasteiger partial charge in [-0.2, -0.15) is 0 Å². The molecule has 1 aliphatic heterocycles. The van der Waals surface area contributed by atoms with E-state index in [0.717, 1.165) is 38.0 Å². The molecule has 0 radical (unpaired) electrons. The molecule has 2 aromatic carbocycles. The first kappa shape index (κ1) is 18.2. The molecule has 1 heterocycles. The third-order valence-corrected chi connectivity index (χ3v) is 6.15. The fraction of sp³-hybridized carbons (Fsp3) is 0.458. The Morgan fingerprint density at radius 2 is 1.74 bits per heavy atom. The van der Waals surface area contributed by atoms with E-state index in [2.05, 4.69) is 42.2 Å². The average molecular weight is 364 g/mol. The van der Waals surface area contributed by atoms with E-state index < -0.39 is 5.41 Å². The molecule has 2 aliphatic rings. The average Bonchev–Trinajstić information content (AvgIpc) is 3.09. The summed E-state index contributed by atoms with van der Waals surface area (Å²) < 4.78 is 5.87. The number of rotatable bonds is 5. The van der Waals surface area contributed by atoms with Crippen molar-refractivity contribution in [1.82, 2.24) is 4.90 Å². The standard InChI is InChI=1S/C24H29NO2/c1-19-10-11-20-17-24(18-21(20)16-19,22-8-4-2-5-9-22)23(26)27-15-14-25-12-6-3-7-13-25/h2,4-5,8-11,16H,3,6-7,12-15,17-18H2,1H3. The van der Waals surface area contributed by atoms with Gasteiger partial charge in [0.25, 0.3) is 0 Å². The zero-order valence-corrected chi connectivity index (χ0v) is 16.2. The molecule has 4 rings (SSSR count). The van der Waals surface area contributed by atoms with Crippen molar-refractivity contribution >= 4 is 5.97 Å². The number of hydrogen-bond acceptors (Lipinski definition) is 3. The number of carbonyl (C=O) groups excluding carboxylic acids is 1. The molecule has 0 aromatic heterocycles. The second-order valence-electron chi connectivity index (χ2n) is 8.11. The fourth-order valence-corrected chi connectivity index (χ4v) is 4.62. The van der Waals surface area contributed by atoms with E-state index in [0.29, 0.717) is 6.61 Å². The Hall–Kier alpha value is -2.13. The lowest BCUT2D eigenvalue weighted by Gasteiger charge is -2.29. The highest BCUT2D eigenvalue weighted by atomic mass is 16.5. The number of esters is 1. The molecule has 3 nitrogen and oxygen atoms in total. The number of carbonyl (C=O) groups is 1. The number of piperidine rings is 1. The SMILES string of the molecule is Cc1ccc2c(c1)CC(C(=O)OCCN1CCCCC1)(c1ccccc1)C2. The van der Waals surface area contributed by atoms with Gasteiger partial charge < -0.3 is 4.74 Å². The lowest BCUT2D eigenvalue weighted by Crippen LogP contribution is -2.40. The maximum Gasteiger partial charge on any atom is 0.317 e. The van der Waals surface area contributed by atoms with E-state index in [9.17, 15) is 4.79 Å². The maximum atomic E-state index is 13.3. The third-order valence-electron chi connectivity index (χ3n) is 6.15. The Bertz CT molecular complexity index is 795. The molecule has 0 spiro atoms. The highest BCUT2D eigenvalue weighted by Crippen LogP contribution is 2.41. The predicted molar refractivity (Wildman–Crippen MR) is 108 cm³/mol. The zero-order chi connectivity index (χ0) is 18.7. The van der Waals surface area contributed by atoms with Gasteiger partial charge in [0, 0.05) is 6.54 Å². The summed E-state index contributed by atoms with van der Waals surface area (Å²) in [6.07, 6.45) is 5.31. The number of fused-ring (bicyclic) bond motifs is 1. The Morgan fingerprint density at radius 1 is 1.00 bits per heavy atom. The van der Waals surface area contributed by atoms with Crippen LogP contribution in [0.2, 0.25) is 0 Å². The molecule has 0 saturated carbocycles. The van der Waals surface area contributed by atoms with Gasteiger partial charge in [-0.3, -0.25) is 9.69 Å². The largest absolute Gasteiger partial charge is 0.464 e. The van der Waals surface area contributed by atoms with Gasteiger partial charge in [-0.25, -0.2) is 0 Å². The Balaban J connectivity index is 1.52. The summed E-state index contributed by atoms with van der Waals surface area (Å²) in [4.78, 5) is 15.7. The highest BCUT2D eigenvalue weighted by molar-refractivity contribution is 5.85. The first-order valence-corrected chi connectivity index (χ1v) is 10.2. The van der Waals surface area contributed by atoms with Gasteiger partial charge in [-0.1, -0.05) is 60.5 Å². The summed E-state index contributed by atoms with van der Waals surface area (Å²) in [5.74, 6) is -0.0698. The van der Waals surface area contributed by atoms with Gasteiger partial charge in [-0.05, 0) is 62.4 Å². The highest BCUT2D eigenvalue weighted by Gasteiger charge is 2.46. The second kappa shape index (κ2) is 7.85. The topological polar surface area (TPSA) is 29.5 Å². The van der Waals surface area contributed by atoms with E-state index in [1.54, 1.807) is 0 Å². The van der Waals surface area contributed by atoms with Crippen molar-refractivity contribution in [2.24, 2.45) is 0 Å². The van der Waals surface area contributed by atoms with Crippen molar-refractivity contribution in [2.45, 2.75) is 44.4 Å². The normalized spacial score (nSPS) is 22.4.